The molecule has 0 aromatic heterocycles. The van der Waals surface area contributed by atoms with Crippen LogP contribution in [-0.2, 0) is 19.6 Å². The number of carbonyl (C=O) groups excluding carboxylic acids is 1. The number of carbonyl (C=O) groups is 1. The molecule has 1 heterocycles. The van der Waals surface area contributed by atoms with Gasteiger partial charge in [-0.25, -0.2) is 8.42 Å². The molecule has 3 rings (SSSR count). The van der Waals surface area contributed by atoms with Crippen molar-refractivity contribution < 1.29 is 17.9 Å². The second-order valence-electron chi connectivity index (χ2n) is 4.97. The van der Waals surface area contributed by atoms with Crippen LogP contribution in [0.5, 0.6) is 0 Å². The zero-order valence-electron chi connectivity index (χ0n) is 12.0. The van der Waals surface area contributed by atoms with Crippen molar-refractivity contribution in [1.29, 1.82) is 0 Å². The highest BCUT2D eigenvalue weighted by molar-refractivity contribution is 7.93. The van der Waals surface area contributed by atoms with E-state index in [1.807, 2.05) is 6.07 Å². The van der Waals surface area contributed by atoms with E-state index >= 15 is 0 Å². The summed E-state index contributed by atoms with van der Waals surface area (Å²) in [4.78, 5) is 12.0. The molecule has 0 bridgehead atoms. The van der Waals surface area contributed by atoms with E-state index in [2.05, 4.69) is 0 Å². The molecule has 6 heteroatoms. The summed E-state index contributed by atoms with van der Waals surface area (Å²) in [5.41, 5.74) is 1.16. The lowest BCUT2D eigenvalue weighted by atomic mass is 10.0. The quantitative estimate of drug-likeness (QED) is 0.816. The number of nitrogens with zero attached hydrogens (tertiary/aromatic N) is 1. The van der Waals surface area contributed by atoms with Crippen molar-refractivity contribution >= 4 is 21.7 Å². The Bertz CT molecular complexity index is 802. The third-order valence-electron chi connectivity index (χ3n) is 3.70. The number of esters is 1. The fraction of sp³-hybridized carbons (Fsp3) is 0.188. The summed E-state index contributed by atoms with van der Waals surface area (Å²) in [5, 5.41) is 0. The summed E-state index contributed by atoms with van der Waals surface area (Å²) >= 11 is 0. The minimum absolute atomic E-state index is 0.0262. The number of anilines is 1. The van der Waals surface area contributed by atoms with E-state index in [0.717, 1.165) is 0 Å². The maximum atomic E-state index is 12.8. The minimum Gasteiger partial charge on any atom is -0.469 e. The number of ether oxygens (including phenoxy) is 1. The van der Waals surface area contributed by atoms with Gasteiger partial charge < -0.3 is 4.74 Å². The second kappa shape index (κ2) is 5.46. The fourth-order valence-corrected chi connectivity index (χ4v) is 4.60. The van der Waals surface area contributed by atoms with Gasteiger partial charge in [-0.05, 0) is 23.8 Å². The smallest absolute Gasteiger partial charge is 0.307 e. The molecule has 0 radical (unpaired) electrons. The number of benzene rings is 2. The molecule has 0 saturated heterocycles. The van der Waals surface area contributed by atoms with Crippen LogP contribution in [0, 0.1) is 0 Å². The third kappa shape index (κ3) is 2.25. The zero-order valence-corrected chi connectivity index (χ0v) is 12.8. The van der Waals surface area contributed by atoms with Gasteiger partial charge in [-0.1, -0.05) is 36.4 Å². The Labute approximate surface area is 129 Å². The van der Waals surface area contributed by atoms with Gasteiger partial charge in [0.1, 0.15) is 0 Å². The number of hydrogen-bond acceptors (Lipinski definition) is 4. The third-order valence-corrected chi connectivity index (χ3v) is 5.61. The van der Waals surface area contributed by atoms with Gasteiger partial charge in [0.15, 0.2) is 0 Å². The van der Waals surface area contributed by atoms with E-state index in [0.29, 0.717) is 11.3 Å². The predicted octanol–water partition coefficient (Wildman–Crippen LogP) is 2.50. The molecule has 2 aromatic carbocycles. The molecule has 0 fully saturated rings. The van der Waals surface area contributed by atoms with Crippen molar-refractivity contribution in [3.8, 4) is 0 Å². The lowest BCUT2D eigenvalue weighted by Gasteiger charge is -2.24. The Hall–Kier alpha value is -2.34. The van der Waals surface area contributed by atoms with Crippen LogP contribution in [-0.4, -0.2) is 21.5 Å². The molecule has 114 valence electrons. The Morgan fingerprint density at radius 3 is 2.41 bits per heavy atom. The number of rotatable bonds is 3. The first kappa shape index (κ1) is 14.6. The summed E-state index contributed by atoms with van der Waals surface area (Å²) in [6.07, 6.45) is -0.0262. The first-order valence-corrected chi connectivity index (χ1v) is 8.25. The van der Waals surface area contributed by atoms with Crippen LogP contribution in [0.4, 0.5) is 5.69 Å². The van der Waals surface area contributed by atoms with Gasteiger partial charge in [0.2, 0.25) is 0 Å². The molecule has 0 spiro atoms. The summed E-state index contributed by atoms with van der Waals surface area (Å²) in [6.45, 7) is 0. The number of sulfonamides is 1. The van der Waals surface area contributed by atoms with Crippen LogP contribution in [0.1, 0.15) is 18.0 Å². The highest BCUT2D eigenvalue weighted by Gasteiger charge is 2.43. The molecule has 1 aliphatic rings. The molecule has 5 nitrogen and oxygen atoms in total. The van der Waals surface area contributed by atoms with Crippen molar-refractivity contribution in [2.75, 3.05) is 11.4 Å². The molecule has 22 heavy (non-hydrogen) atoms. The van der Waals surface area contributed by atoms with Crippen LogP contribution < -0.4 is 4.31 Å². The maximum absolute atomic E-state index is 12.8. The average molecular weight is 317 g/mol. The van der Waals surface area contributed by atoms with Gasteiger partial charge in [0.05, 0.1) is 30.2 Å². The SMILES string of the molecule is COC(=O)CC1c2ccccc2S(=O)(=O)N1c1ccccc1. The summed E-state index contributed by atoms with van der Waals surface area (Å²) in [6, 6.07) is 15.0. The van der Waals surface area contributed by atoms with Gasteiger partial charge in [0.25, 0.3) is 10.0 Å². The van der Waals surface area contributed by atoms with E-state index in [9.17, 15) is 13.2 Å². The van der Waals surface area contributed by atoms with Crippen molar-refractivity contribution in [2.24, 2.45) is 0 Å². The van der Waals surface area contributed by atoms with E-state index in [4.69, 9.17) is 4.74 Å². The highest BCUT2D eigenvalue weighted by Crippen LogP contribution is 2.44. The molecule has 0 aliphatic carbocycles. The van der Waals surface area contributed by atoms with Gasteiger partial charge in [-0.3, -0.25) is 9.10 Å². The Morgan fingerprint density at radius 1 is 1.09 bits per heavy atom. The van der Waals surface area contributed by atoms with Gasteiger partial charge >= 0.3 is 5.97 Å². The van der Waals surface area contributed by atoms with E-state index in [1.165, 1.54) is 11.4 Å². The highest BCUT2D eigenvalue weighted by atomic mass is 32.2. The molecule has 0 N–H and O–H groups in total. The molecule has 1 unspecified atom stereocenters. The maximum Gasteiger partial charge on any atom is 0.307 e. The zero-order chi connectivity index (χ0) is 15.7. The van der Waals surface area contributed by atoms with Crippen molar-refractivity contribution in [2.45, 2.75) is 17.4 Å². The standard InChI is InChI=1S/C16H15NO4S/c1-21-16(18)11-14-13-9-5-6-10-15(13)22(19,20)17(14)12-7-3-2-4-8-12/h2-10,14H,11H2,1H3. The Balaban J connectivity index is 2.16. The molecular formula is C16H15NO4S. The van der Waals surface area contributed by atoms with Crippen molar-refractivity contribution in [3.05, 3.63) is 60.2 Å². The van der Waals surface area contributed by atoms with E-state index in [1.54, 1.807) is 48.5 Å². The first-order chi connectivity index (χ1) is 10.6. The summed E-state index contributed by atoms with van der Waals surface area (Å²) < 4.78 is 31.7. The van der Waals surface area contributed by atoms with Crippen molar-refractivity contribution in [1.82, 2.24) is 0 Å². The molecule has 0 saturated carbocycles. The molecule has 0 amide bonds. The monoisotopic (exact) mass is 317 g/mol. The minimum atomic E-state index is -3.68. The van der Waals surface area contributed by atoms with Crippen LogP contribution in [0.25, 0.3) is 0 Å². The predicted molar refractivity (Wildman–Crippen MR) is 81.9 cm³/mol. The van der Waals surface area contributed by atoms with E-state index in [-0.39, 0.29) is 11.3 Å². The number of methoxy groups -OCH3 is 1. The molecular weight excluding hydrogens is 302 g/mol. The van der Waals surface area contributed by atoms with Gasteiger partial charge in [0, 0.05) is 0 Å². The number of hydrogen-bond donors (Lipinski definition) is 0. The Morgan fingerprint density at radius 2 is 1.73 bits per heavy atom. The normalized spacial score (nSPS) is 18.8. The Kier molecular flexibility index (Phi) is 3.62. The lowest BCUT2D eigenvalue weighted by Crippen LogP contribution is -2.29. The van der Waals surface area contributed by atoms with Crippen LogP contribution in [0.15, 0.2) is 59.5 Å². The first-order valence-electron chi connectivity index (χ1n) is 6.81. The summed E-state index contributed by atoms with van der Waals surface area (Å²) in [7, 11) is -2.38. The average Bonchev–Trinajstić information content (AvgIpc) is 2.76. The second-order valence-corrected chi connectivity index (χ2v) is 6.75. The van der Waals surface area contributed by atoms with Crippen molar-refractivity contribution in [3.63, 3.8) is 0 Å². The van der Waals surface area contributed by atoms with Crippen LogP contribution in [0.3, 0.4) is 0 Å². The number of para-hydroxylation sites is 1. The topological polar surface area (TPSA) is 63.7 Å². The number of fused-ring (bicyclic) bond motifs is 1. The van der Waals surface area contributed by atoms with Crippen LogP contribution in [0.2, 0.25) is 0 Å². The lowest BCUT2D eigenvalue weighted by molar-refractivity contribution is -0.141. The van der Waals surface area contributed by atoms with E-state index < -0.39 is 22.0 Å². The van der Waals surface area contributed by atoms with Gasteiger partial charge in [-0.15, -0.1) is 0 Å². The molecule has 2 aromatic rings. The summed E-state index contributed by atoms with van der Waals surface area (Å²) in [5.74, 6) is -0.446. The largest absolute Gasteiger partial charge is 0.469 e. The molecule has 1 aliphatic heterocycles. The van der Waals surface area contributed by atoms with Gasteiger partial charge in [-0.2, -0.15) is 0 Å². The fourth-order valence-electron chi connectivity index (χ4n) is 2.72. The molecule has 1 atom stereocenters. The van der Waals surface area contributed by atoms with Crippen LogP contribution >= 0.6 is 0 Å².